The summed E-state index contributed by atoms with van der Waals surface area (Å²) in [6, 6.07) is 14.5. The number of nitrogens with zero attached hydrogens (tertiary/aromatic N) is 3. The lowest BCUT2D eigenvalue weighted by molar-refractivity contribution is -0.116. The molecular formula is C24H26N4O4. The van der Waals surface area contributed by atoms with Crippen molar-refractivity contribution in [3.63, 3.8) is 0 Å². The Labute approximate surface area is 186 Å². The number of hydrogen-bond donors (Lipinski definition) is 1. The van der Waals surface area contributed by atoms with Crippen LogP contribution in [0.1, 0.15) is 33.5 Å². The lowest BCUT2D eigenvalue weighted by Gasteiger charge is -2.34. The Morgan fingerprint density at radius 2 is 1.59 bits per heavy atom. The molecule has 0 aliphatic carbocycles. The summed E-state index contributed by atoms with van der Waals surface area (Å²) in [5.74, 6) is -0.225. The Hall–Kier alpha value is -3.81. The molecule has 0 bridgehead atoms. The zero-order valence-corrected chi connectivity index (χ0v) is 18.0. The van der Waals surface area contributed by atoms with E-state index in [-0.39, 0.29) is 24.3 Å². The second kappa shape index (κ2) is 9.55. The molecule has 3 aromatic rings. The third-order valence-corrected chi connectivity index (χ3v) is 5.59. The molecule has 1 aliphatic rings. The summed E-state index contributed by atoms with van der Waals surface area (Å²) < 4.78 is 6.83. The summed E-state index contributed by atoms with van der Waals surface area (Å²) in [6.07, 6.45) is 4.13. The molecular weight excluding hydrogens is 408 g/mol. The van der Waals surface area contributed by atoms with E-state index in [9.17, 15) is 14.4 Å². The van der Waals surface area contributed by atoms with Gasteiger partial charge in [-0.1, -0.05) is 19.1 Å². The van der Waals surface area contributed by atoms with E-state index < -0.39 is 0 Å². The fourth-order valence-corrected chi connectivity index (χ4v) is 3.76. The van der Waals surface area contributed by atoms with E-state index in [2.05, 4.69) is 12.2 Å². The topological polar surface area (TPSA) is 87.8 Å². The van der Waals surface area contributed by atoms with Crippen LogP contribution in [0.15, 0.2) is 65.4 Å². The highest BCUT2D eigenvalue weighted by Crippen LogP contribution is 2.14. The molecule has 0 atom stereocenters. The molecule has 1 N–H and O–H groups in total. The maximum atomic E-state index is 13.0. The van der Waals surface area contributed by atoms with Crippen molar-refractivity contribution in [1.29, 1.82) is 0 Å². The molecule has 8 nitrogen and oxygen atoms in total. The maximum absolute atomic E-state index is 13.0. The fraction of sp³-hybridized carbons (Fsp3) is 0.292. The molecule has 0 radical (unpaired) electrons. The summed E-state index contributed by atoms with van der Waals surface area (Å²) in [6.45, 7) is 3.83. The fourth-order valence-electron chi connectivity index (χ4n) is 3.76. The summed E-state index contributed by atoms with van der Waals surface area (Å²) in [7, 11) is 0. The summed E-state index contributed by atoms with van der Waals surface area (Å²) >= 11 is 0. The van der Waals surface area contributed by atoms with Gasteiger partial charge in [0, 0.05) is 38.1 Å². The first-order chi connectivity index (χ1) is 15.5. The van der Waals surface area contributed by atoms with Crippen molar-refractivity contribution in [2.24, 2.45) is 0 Å². The number of amides is 3. The Kier molecular flexibility index (Phi) is 6.39. The van der Waals surface area contributed by atoms with Gasteiger partial charge in [0.1, 0.15) is 12.2 Å². The Morgan fingerprint density at radius 1 is 0.906 bits per heavy atom. The predicted molar refractivity (Wildman–Crippen MR) is 119 cm³/mol. The van der Waals surface area contributed by atoms with Gasteiger partial charge in [-0.25, -0.2) is 0 Å². The van der Waals surface area contributed by atoms with Gasteiger partial charge in [0.2, 0.25) is 5.91 Å². The van der Waals surface area contributed by atoms with Crippen molar-refractivity contribution in [2.75, 3.05) is 31.5 Å². The van der Waals surface area contributed by atoms with Crippen molar-refractivity contribution in [3.05, 3.63) is 78.0 Å². The number of rotatable bonds is 6. The molecule has 8 heteroatoms. The molecule has 0 unspecified atom stereocenters. The van der Waals surface area contributed by atoms with E-state index in [0.717, 1.165) is 12.1 Å². The van der Waals surface area contributed by atoms with Gasteiger partial charge in [0.15, 0.2) is 5.76 Å². The largest absolute Gasteiger partial charge is 0.459 e. The quantitative estimate of drug-likeness (QED) is 0.646. The number of benzene rings is 1. The van der Waals surface area contributed by atoms with Crippen molar-refractivity contribution in [3.8, 4) is 0 Å². The SMILES string of the molecule is CCc1ccc(NC(=O)Cn2cccc2C(=O)N2CCN(C(=O)c3ccco3)CC2)cc1. The average molecular weight is 434 g/mol. The molecule has 166 valence electrons. The van der Waals surface area contributed by atoms with E-state index in [4.69, 9.17) is 4.42 Å². The number of piperazine rings is 1. The Bertz CT molecular complexity index is 1080. The molecule has 1 saturated heterocycles. The van der Waals surface area contributed by atoms with Crippen LogP contribution in [0.2, 0.25) is 0 Å². The van der Waals surface area contributed by atoms with Crippen molar-refractivity contribution >= 4 is 23.4 Å². The highest BCUT2D eigenvalue weighted by molar-refractivity contribution is 5.95. The van der Waals surface area contributed by atoms with Gasteiger partial charge in [-0.2, -0.15) is 0 Å². The van der Waals surface area contributed by atoms with Crippen LogP contribution in [-0.2, 0) is 17.8 Å². The normalized spacial score (nSPS) is 13.8. The third kappa shape index (κ3) is 4.74. The van der Waals surface area contributed by atoms with E-state index in [1.807, 2.05) is 24.3 Å². The Morgan fingerprint density at radius 3 is 2.22 bits per heavy atom. The number of aromatic nitrogens is 1. The van der Waals surface area contributed by atoms with Gasteiger partial charge >= 0.3 is 0 Å². The molecule has 0 spiro atoms. The van der Waals surface area contributed by atoms with Crippen LogP contribution in [0.4, 0.5) is 5.69 Å². The lowest BCUT2D eigenvalue weighted by Crippen LogP contribution is -2.50. The van der Waals surface area contributed by atoms with Gasteiger partial charge in [-0.3, -0.25) is 14.4 Å². The minimum Gasteiger partial charge on any atom is -0.459 e. The molecule has 1 aliphatic heterocycles. The highest BCUT2D eigenvalue weighted by Gasteiger charge is 2.27. The standard InChI is InChI=1S/C24H26N4O4/c1-2-18-7-9-19(10-8-18)25-22(29)17-28-11-3-5-20(28)23(30)26-12-14-27(15-13-26)24(31)21-6-4-16-32-21/h3-11,16H,2,12-15,17H2,1H3,(H,25,29). The molecule has 2 aromatic heterocycles. The monoisotopic (exact) mass is 434 g/mol. The Balaban J connectivity index is 1.34. The zero-order valence-electron chi connectivity index (χ0n) is 18.0. The first-order valence-electron chi connectivity index (χ1n) is 10.7. The van der Waals surface area contributed by atoms with Crippen LogP contribution in [0.5, 0.6) is 0 Å². The van der Waals surface area contributed by atoms with E-state index in [0.29, 0.717) is 37.6 Å². The van der Waals surface area contributed by atoms with Gasteiger partial charge in [0.05, 0.1) is 6.26 Å². The zero-order chi connectivity index (χ0) is 22.5. The smallest absolute Gasteiger partial charge is 0.289 e. The molecule has 4 rings (SSSR count). The second-order valence-electron chi connectivity index (χ2n) is 7.68. The molecule has 0 saturated carbocycles. The first-order valence-corrected chi connectivity index (χ1v) is 10.7. The predicted octanol–water partition coefficient (Wildman–Crippen LogP) is 2.88. The summed E-state index contributed by atoms with van der Waals surface area (Å²) in [5.41, 5.74) is 2.38. The first kappa shape index (κ1) is 21.4. The minimum atomic E-state index is -0.201. The summed E-state index contributed by atoms with van der Waals surface area (Å²) in [5, 5.41) is 2.87. The number of aryl methyl sites for hydroxylation is 1. The van der Waals surface area contributed by atoms with E-state index in [1.165, 1.54) is 11.8 Å². The molecule has 1 fully saturated rings. The minimum absolute atomic E-state index is 0.0422. The van der Waals surface area contributed by atoms with Gasteiger partial charge in [0.25, 0.3) is 11.8 Å². The van der Waals surface area contributed by atoms with Gasteiger partial charge < -0.3 is 24.1 Å². The molecule has 1 aromatic carbocycles. The molecule has 32 heavy (non-hydrogen) atoms. The lowest BCUT2D eigenvalue weighted by atomic mass is 10.1. The van der Waals surface area contributed by atoms with Crippen molar-refractivity contribution < 1.29 is 18.8 Å². The number of nitrogens with one attached hydrogen (secondary N) is 1. The van der Waals surface area contributed by atoms with Crippen LogP contribution >= 0.6 is 0 Å². The highest BCUT2D eigenvalue weighted by atomic mass is 16.3. The maximum Gasteiger partial charge on any atom is 0.289 e. The average Bonchev–Trinajstić information content (AvgIpc) is 3.51. The van der Waals surface area contributed by atoms with Crippen LogP contribution < -0.4 is 5.32 Å². The number of hydrogen-bond acceptors (Lipinski definition) is 4. The second-order valence-corrected chi connectivity index (χ2v) is 7.68. The van der Waals surface area contributed by atoms with Gasteiger partial charge in [-0.05, 0) is 48.4 Å². The van der Waals surface area contributed by atoms with E-state index >= 15 is 0 Å². The van der Waals surface area contributed by atoms with Crippen LogP contribution in [0, 0.1) is 0 Å². The third-order valence-electron chi connectivity index (χ3n) is 5.59. The molecule has 3 heterocycles. The number of furan rings is 1. The van der Waals surface area contributed by atoms with Gasteiger partial charge in [-0.15, -0.1) is 0 Å². The number of carbonyl (C=O) groups excluding carboxylic acids is 3. The van der Waals surface area contributed by atoms with Crippen LogP contribution in [0.3, 0.4) is 0 Å². The van der Waals surface area contributed by atoms with Crippen molar-refractivity contribution in [2.45, 2.75) is 19.9 Å². The van der Waals surface area contributed by atoms with E-state index in [1.54, 1.807) is 44.8 Å². The summed E-state index contributed by atoms with van der Waals surface area (Å²) in [4.78, 5) is 41.3. The van der Waals surface area contributed by atoms with Crippen LogP contribution in [-0.4, -0.2) is 58.3 Å². The van der Waals surface area contributed by atoms with Crippen LogP contribution in [0.25, 0.3) is 0 Å². The number of anilines is 1. The number of carbonyl (C=O) groups is 3. The van der Waals surface area contributed by atoms with Crippen molar-refractivity contribution in [1.82, 2.24) is 14.4 Å². The molecule has 3 amide bonds.